The van der Waals surface area contributed by atoms with Gasteiger partial charge in [0.1, 0.15) is 6.17 Å². The first-order valence-corrected chi connectivity index (χ1v) is 20.1. The molecule has 0 spiro atoms. The molecule has 4 aliphatic carbocycles. The second-order valence-electron chi connectivity index (χ2n) is 17.5. The predicted octanol–water partition coefficient (Wildman–Crippen LogP) is 9.93. The molecule has 13 atom stereocenters. The summed E-state index contributed by atoms with van der Waals surface area (Å²) in [5.41, 5.74) is 1.03. The van der Waals surface area contributed by atoms with Crippen molar-refractivity contribution in [1.29, 1.82) is 0 Å². The standard InChI is InChI=1S/C41H69FO6/c1-8-43-28(3)48-39(4,5)35(42)20-15-27(2)32-18-19-33-31-17-16-29-25-30(46-37-13-9-11-23-44-37)26-36(47-38-14-10-12-24-45-38)41(29,7)34(31)21-22-40(32,33)6/h16,27-28,30-38H,8-15,17-26H2,1-7H3/t27-,28?,30-,31+,32-,33+,34+,35-,36+,37?,38?,40-,41+/m1/s1. The van der Waals surface area contributed by atoms with E-state index in [4.69, 9.17) is 28.4 Å². The Morgan fingerprint density at radius 3 is 2.29 bits per heavy atom. The van der Waals surface area contributed by atoms with Crippen LogP contribution in [0.1, 0.15) is 145 Å². The van der Waals surface area contributed by atoms with Crippen molar-refractivity contribution >= 4 is 0 Å². The summed E-state index contributed by atoms with van der Waals surface area (Å²) in [6.45, 7) is 17.3. The van der Waals surface area contributed by atoms with Gasteiger partial charge in [0.15, 0.2) is 18.9 Å². The van der Waals surface area contributed by atoms with E-state index in [1.54, 1.807) is 5.57 Å². The number of ether oxygens (including phenoxy) is 6. The van der Waals surface area contributed by atoms with Crippen molar-refractivity contribution in [1.82, 2.24) is 0 Å². The fourth-order valence-corrected chi connectivity index (χ4v) is 11.7. The summed E-state index contributed by atoms with van der Waals surface area (Å²) in [5, 5.41) is 0. The van der Waals surface area contributed by atoms with E-state index in [2.05, 4.69) is 26.8 Å². The molecular weight excluding hydrogens is 607 g/mol. The Balaban J connectivity index is 1.14. The third-order valence-corrected chi connectivity index (χ3v) is 14.3. The molecule has 6 rings (SSSR count). The molecule has 0 radical (unpaired) electrons. The van der Waals surface area contributed by atoms with Gasteiger partial charge in [-0.05, 0) is 153 Å². The lowest BCUT2D eigenvalue weighted by Gasteiger charge is -2.60. The molecule has 6 aliphatic rings. The van der Waals surface area contributed by atoms with Gasteiger partial charge in [-0.25, -0.2) is 4.39 Å². The summed E-state index contributed by atoms with van der Waals surface area (Å²) in [6.07, 6.45) is 17.5. The normalized spacial score (nSPS) is 42.2. The average molecular weight is 677 g/mol. The number of hydrogen-bond donors (Lipinski definition) is 0. The Bertz CT molecular complexity index is 1070. The zero-order chi connectivity index (χ0) is 34.1. The van der Waals surface area contributed by atoms with Crippen LogP contribution in [0.4, 0.5) is 4.39 Å². The topological polar surface area (TPSA) is 55.4 Å². The lowest BCUT2D eigenvalue weighted by Crippen LogP contribution is -2.57. The fourth-order valence-electron chi connectivity index (χ4n) is 11.7. The van der Waals surface area contributed by atoms with Crippen LogP contribution in [-0.2, 0) is 28.4 Å². The summed E-state index contributed by atoms with van der Waals surface area (Å²) in [6, 6.07) is 0. The van der Waals surface area contributed by atoms with Gasteiger partial charge in [-0.1, -0.05) is 32.4 Å². The minimum absolute atomic E-state index is 0.00764. The molecule has 3 saturated carbocycles. The highest BCUT2D eigenvalue weighted by atomic mass is 19.1. The SMILES string of the molecule is CCOC(C)OC(C)(C)[C@H](F)CC[C@@H](C)[C@H]1CC[C@H]2[C@@H]3CC=C4C[C@@H](OC5CCCCO5)C[C@H](OC5CCCCO5)[C@]4(C)[C@H]3CC[C@]12C. The van der Waals surface area contributed by atoms with Gasteiger partial charge in [0.2, 0.25) is 0 Å². The van der Waals surface area contributed by atoms with Crippen molar-refractivity contribution in [3.8, 4) is 0 Å². The molecule has 0 aromatic rings. The van der Waals surface area contributed by atoms with Gasteiger partial charge in [-0.15, -0.1) is 0 Å². The number of rotatable bonds is 13. The molecular formula is C41H69FO6. The first-order valence-electron chi connectivity index (χ1n) is 20.1. The van der Waals surface area contributed by atoms with E-state index in [0.717, 1.165) is 58.2 Å². The summed E-state index contributed by atoms with van der Waals surface area (Å²) in [7, 11) is 0. The Kier molecular flexibility index (Phi) is 12.1. The van der Waals surface area contributed by atoms with E-state index < -0.39 is 18.1 Å². The first kappa shape index (κ1) is 37.2. The van der Waals surface area contributed by atoms with Gasteiger partial charge >= 0.3 is 0 Å². The van der Waals surface area contributed by atoms with Crippen LogP contribution in [0.25, 0.3) is 0 Å². The summed E-state index contributed by atoms with van der Waals surface area (Å²) >= 11 is 0. The van der Waals surface area contributed by atoms with Crippen LogP contribution in [0, 0.1) is 40.4 Å². The van der Waals surface area contributed by atoms with Crippen LogP contribution in [-0.4, -0.2) is 62.7 Å². The highest BCUT2D eigenvalue weighted by molar-refractivity contribution is 5.28. The van der Waals surface area contributed by atoms with Crippen molar-refractivity contribution in [2.24, 2.45) is 40.4 Å². The van der Waals surface area contributed by atoms with E-state index in [0.29, 0.717) is 48.0 Å². The monoisotopic (exact) mass is 677 g/mol. The smallest absolute Gasteiger partial charge is 0.157 e. The molecule has 7 heteroatoms. The summed E-state index contributed by atoms with van der Waals surface area (Å²) < 4.78 is 53.1. The summed E-state index contributed by atoms with van der Waals surface area (Å²) in [5.74, 6) is 3.14. The molecule has 0 bridgehead atoms. The van der Waals surface area contributed by atoms with Crippen molar-refractivity contribution < 1.29 is 32.8 Å². The Morgan fingerprint density at radius 2 is 1.62 bits per heavy atom. The van der Waals surface area contributed by atoms with Crippen LogP contribution >= 0.6 is 0 Å². The Hall–Kier alpha value is -0.570. The number of fused-ring (bicyclic) bond motifs is 5. The molecule has 0 aromatic carbocycles. The molecule has 2 heterocycles. The van der Waals surface area contributed by atoms with Gasteiger partial charge in [0.25, 0.3) is 0 Å². The number of halogens is 1. The maximum absolute atomic E-state index is 15.6. The molecule has 48 heavy (non-hydrogen) atoms. The van der Waals surface area contributed by atoms with Crippen LogP contribution < -0.4 is 0 Å². The van der Waals surface area contributed by atoms with Gasteiger partial charge < -0.3 is 28.4 Å². The third-order valence-electron chi connectivity index (χ3n) is 14.3. The Labute approximate surface area is 291 Å². The highest BCUT2D eigenvalue weighted by Gasteiger charge is 2.62. The van der Waals surface area contributed by atoms with Gasteiger partial charge in [0, 0.05) is 31.7 Å². The third kappa shape index (κ3) is 7.63. The molecule has 3 unspecified atom stereocenters. The minimum atomic E-state index is -1.01. The van der Waals surface area contributed by atoms with E-state index in [-0.39, 0.29) is 30.2 Å². The van der Waals surface area contributed by atoms with Crippen molar-refractivity contribution in [3.63, 3.8) is 0 Å². The fraction of sp³-hybridized carbons (Fsp3) is 0.951. The molecule has 2 aliphatic heterocycles. The van der Waals surface area contributed by atoms with E-state index >= 15 is 4.39 Å². The summed E-state index contributed by atoms with van der Waals surface area (Å²) in [4.78, 5) is 0. The Morgan fingerprint density at radius 1 is 0.917 bits per heavy atom. The van der Waals surface area contributed by atoms with Gasteiger partial charge in [-0.3, -0.25) is 0 Å². The van der Waals surface area contributed by atoms with E-state index in [1.807, 2.05) is 27.7 Å². The van der Waals surface area contributed by atoms with Crippen LogP contribution in [0.15, 0.2) is 11.6 Å². The molecule has 276 valence electrons. The number of hydrogen-bond acceptors (Lipinski definition) is 6. The minimum Gasteiger partial charge on any atom is -0.353 e. The van der Waals surface area contributed by atoms with Crippen LogP contribution in [0.2, 0.25) is 0 Å². The largest absolute Gasteiger partial charge is 0.353 e. The van der Waals surface area contributed by atoms with Gasteiger partial charge in [0.05, 0.1) is 17.8 Å². The lowest BCUT2D eigenvalue weighted by molar-refractivity contribution is -0.248. The molecule has 0 N–H and O–H groups in total. The molecule has 2 saturated heterocycles. The first-order chi connectivity index (χ1) is 23.0. The highest BCUT2D eigenvalue weighted by Crippen LogP contribution is 2.68. The number of allylic oxidation sites excluding steroid dienone is 1. The average Bonchev–Trinajstić information content (AvgIpc) is 3.42. The lowest BCUT2D eigenvalue weighted by atomic mass is 9.46. The number of alkyl halides is 1. The molecule has 6 nitrogen and oxygen atoms in total. The van der Waals surface area contributed by atoms with Crippen LogP contribution in [0.5, 0.6) is 0 Å². The predicted molar refractivity (Wildman–Crippen MR) is 187 cm³/mol. The molecule has 0 aromatic heterocycles. The second kappa shape index (κ2) is 15.6. The van der Waals surface area contributed by atoms with E-state index in [1.165, 1.54) is 44.9 Å². The van der Waals surface area contributed by atoms with Crippen molar-refractivity contribution in [2.75, 3.05) is 19.8 Å². The maximum Gasteiger partial charge on any atom is 0.157 e. The quantitative estimate of drug-likeness (QED) is 0.143. The zero-order valence-electron chi connectivity index (χ0n) is 31.5. The second-order valence-corrected chi connectivity index (χ2v) is 17.5. The van der Waals surface area contributed by atoms with Gasteiger partial charge in [-0.2, -0.15) is 0 Å². The molecule has 0 amide bonds. The zero-order valence-corrected chi connectivity index (χ0v) is 31.5. The van der Waals surface area contributed by atoms with Crippen molar-refractivity contribution in [3.05, 3.63) is 11.6 Å². The van der Waals surface area contributed by atoms with Crippen molar-refractivity contribution in [2.45, 2.75) is 188 Å². The van der Waals surface area contributed by atoms with Crippen LogP contribution in [0.3, 0.4) is 0 Å². The molecule has 5 fully saturated rings. The maximum atomic E-state index is 15.6. The van der Waals surface area contributed by atoms with E-state index in [9.17, 15) is 0 Å².